The van der Waals surface area contributed by atoms with Crippen LogP contribution in [0.2, 0.25) is 5.02 Å². The Labute approximate surface area is 95.4 Å². The molecule has 1 nitrogen and oxygen atoms in total. The second-order valence-corrected chi connectivity index (χ2v) is 4.43. The van der Waals surface area contributed by atoms with E-state index in [1.807, 2.05) is 13.8 Å². The summed E-state index contributed by atoms with van der Waals surface area (Å²) >= 11 is 5.82. The third-order valence-corrected chi connectivity index (χ3v) is 2.99. The molecule has 0 bridgehead atoms. The van der Waals surface area contributed by atoms with Gasteiger partial charge >= 0.3 is 0 Å². The Bertz CT molecular complexity index is 327. The van der Waals surface area contributed by atoms with E-state index in [1.165, 1.54) is 6.07 Å². The first-order chi connectivity index (χ1) is 7.04. The molecule has 0 spiro atoms. The van der Waals surface area contributed by atoms with Crippen molar-refractivity contribution in [2.45, 2.75) is 32.7 Å². The van der Waals surface area contributed by atoms with Gasteiger partial charge in [-0.2, -0.15) is 0 Å². The average molecular weight is 230 g/mol. The lowest BCUT2D eigenvalue weighted by Gasteiger charge is -2.18. The second-order valence-electron chi connectivity index (χ2n) is 3.99. The van der Waals surface area contributed by atoms with E-state index in [-0.39, 0.29) is 17.8 Å². The normalized spacial score (nSPS) is 15.0. The molecule has 15 heavy (non-hydrogen) atoms. The van der Waals surface area contributed by atoms with Gasteiger partial charge in [-0.3, -0.25) is 0 Å². The molecule has 0 aliphatic heterocycles. The van der Waals surface area contributed by atoms with Crippen molar-refractivity contribution in [3.05, 3.63) is 34.6 Å². The molecule has 2 N–H and O–H groups in total. The maximum Gasteiger partial charge on any atom is 0.126 e. The van der Waals surface area contributed by atoms with Crippen LogP contribution in [0, 0.1) is 11.7 Å². The Morgan fingerprint density at radius 1 is 1.47 bits per heavy atom. The lowest BCUT2D eigenvalue weighted by molar-refractivity contribution is 0.434. The Hall–Kier alpha value is -0.600. The number of benzene rings is 1. The average Bonchev–Trinajstić information content (AvgIpc) is 2.22. The maximum atomic E-state index is 13.4. The summed E-state index contributed by atoms with van der Waals surface area (Å²) < 4.78 is 13.4. The summed E-state index contributed by atoms with van der Waals surface area (Å²) in [7, 11) is 0. The Morgan fingerprint density at radius 3 is 2.73 bits per heavy atom. The molecule has 0 saturated carbocycles. The van der Waals surface area contributed by atoms with Gasteiger partial charge in [0.25, 0.3) is 0 Å². The molecule has 0 amide bonds. The van der Waals surface area contributed by atoms with E-state index in [9.17, 15) is 4.39 Å². The summed E-state index contributed by atoms with van der Waals surface area (Å²) in [4.78, 5) is 0. The van der Waals surface area contributed by atoms with Crippen molar-refractivity contribution in [3.8, 4) is 0 Å². The summed E-state index contributed by atoms with van der Waals surface area (Å²) in [6, 6.07) is 4.76. The molecule has 0 aliphatic carbocycles. The SMILES string of the molecule is CCC(N)C(C)Cc1cc(Cl)ccc1F. The van der Waals surface area contributed by atoms with Gasteiger partial charge in [-0.15, -0.1) is 0 Å². The highest BCUT2D eigenvalue weighted by Gasteiger charge is 2.13. The molecular weight excluding hydrogens is 213 g/mol. The van der Waals surface area contributed by atoms with Crippen molar-refractivity contribution in [2.24, 2.45) is 11.7 Å². The second kappa shape index (κ2) is 5.47. The van der Waals surface area contributed by atoms with Crippen LogP contribution in [0.4, 0.5) is 4.39 Å². The minimum atomic E-state index is -0.199. The fraction of sp³-hybridized carbons (Fsp3) is 0.500. The van der Waals surface area contributed by atoms with Crippen LogP contribution in [0.5, 0.6) is 0 Å². The minimum Gasteiger partial charge on any atom is -0.327 e. The minimum absolute atomic E-state index is 0.114. The zero-order valence-corrected chi connectivity index (χ0v) is 9.89. The number of halogens is 2. The van der Waals surface area contributed by atoms with Gasteiger partial charge in [0.2, 0.25) is 0 Å². The molecule has 0 aliphatic rings. The lowest BCUT2D eigenvalue weighted by Crippen LogP contribution is -2.28. The summed E-state index contributed by atoms with van der Waals surface area (Å²) in [5, 5.41) is 0.573. The fourth-order valence-corrected chi connectivity index (χ4v) is 1.80. The molecule has 0 radical (unpaired) electrons. The fourth-order valence-electron chi connectivity index (χ4n) is 1.60. The topological polar surface area (TPSA) is 26.0 Å². The molecule has 84 valence electrons. The van der Waals surface area contributed by atoms with E-state index >= 15 is 0 Å². The summed E-state index contributed by atoms with van der Waals surface area (Å²) in [6.45, 7) is 4.07. The smallest absolute Gasteiger partial charge is 0.126 e. The van der Waals surface area contributed by atoms with Crippen molar-refractivity contribution < 1.29 is 4.39 Å². The van der Waals surface area contributed by atoms with Crippen molar-refractivity contribution in [1.82, 2.24) is 0 Å². The van der Waals surface area contributed by atoms with E-state index in [0.717, 1.165) is 6.42 Å². The van der Waals surface area contributed by atoms with Crippen molar-refractivity contribution in [3.63, 3.8) is 0 Å². The molecule has 1 aromatic rings. The van der Waals surface area contributed by atoms with Crippen molar-refractivity contribution >= 4 is 11.6 Å². The van der Waals surface area contributed by atoms with Gasteiger partial charge in [0.05, 0.1) is 0 Å². The molecule has 0 heterocycles. The highest BCUT2D eigenvalue weighted by Crippen LogP contribution is 2.19. The number of hydrogen-bond donors (Lipinski definition) is 1. The first-order valence-corrected chi connectivity index (χ1v) is 5.62. The maximum absolute atomic E-state index is 13.4. The van der Waals surface area contributed by atoms with Crippen LogP contribution in [-0.2, 0) is 6.42 Å². The third kappa shape index (κ3) is 3.47. The predicted molar refractivity (Wildman–Crippen MR) is 62.5 cm³/mol. The molecule has 0 aromatic heterocycles. The molecule has 0 fully saturated rings. The van der Waals surface area contributed by atoms with Crippen LogP contribution in [0.3, 0.4) is 0 Å². The molecule has 2 unspecified atom stereocenters. The van der Waals surface area contributed by atoms with Gasteiger partial charge in [-0.25, -0.2) is 4.39 Å². The van der Waals surface area contributed by atoms with E-state index < -0.39 is 0 Å². The van der Waals surface area contributed by atoms with Crippen LogP contribution in [0.15, 0.2) is 18.2 Å². The van der Waals surface area contributed by atoms with Gasteiger partial charge in [-0.1, -0.05) is 25.4 Å². The number of nitrogens with two attached hydrogens (primary N) is 1. The lowest BCUT2D eigenvalue weighted by atomic mass is 9.93. The Kier molecular flexibility index (Phi) is 4.55. The molecule has 1 rings (SSSR count). The molecule has 2 atom stereocenters. The van der Waals surface area contributed by atoms with Gasteiger partial charge in [0, 0.05) is 11.1 Å². The Morgan fingerprint density at radius 2 is 2.13 bits per heavy atom. The Balaban J connectivity index is 2.75. The quantitative estimate of drug-likeness (QED) is 0.842. The monoisotopic (exact) mass is 229 g/mol. The first-order valence-electron chi connectivity index (χ1n) is 5.24. The zero-order valence-electron chi connectivity index (χ0n) is 9.13. The van der Waals surface area contributed by atoms with Crippen LogP contribution in [-0.4, -0.2) is 6.04 Å². The first kappa shape index (κ1) is 12.5. The largest absolute Gasteiger partial charge is 0.327 e. The summed E-state index contributed by atoms with van der Waals surface area (Å²) in [5.74, 6) is 0.0671. The van der Waals surface area contributed by atoms with E-state index in [0.29, 0.717) is 17.0 Å². The third-order valence-electron chi connectivity index (χ3n) is 2.75. The molecule has 1 aromatic carbocycles. The number of rotatable bonds is 4. The molecule has 0 saturated heterocycles. The van der Waals surface area contributed by atoms with Crippen molar-refractivity contribution in [1.29, 1.82) is 0 Å². The van der Waals surface area contributed by atoms with Crippen molar-refractivity contribution in [2.75, 3.05) is 0 Å². The van der Waals surface area contributed by atoms with Crippen LogP contribution in [0.25, 0.3) is 0 Å². The van der Waals surface area contributed by atoms with Gasteiger partial charge in [-0.05, 0) is 42.5 Å². The van der Waals surface area contributed by atoms with Crippen LogP contribution >= 0.6 is 11.6 Å². The summed E-state index contributed by atoms with van der Waals surface area (Å²) in [6.07, 6.45) is 1.55. The van der Waals surface area contributed by atoms with E-state index in [1.54, 1.807) is 12.1 Å². The highest BCUT2D eigenvalue weighted by atomic mass is 35.5. The standard InChI is InChI=1S/C12H17ClFN/c1-3-12(15)8(2)6-9-7-10(13)4-5-11(9)14/h4-5,7-8,12H,3,6,15H2,1-2H3. The van der Waals surface area contributed by atoms with Crippen LogP contribution < -0.4 is 5.73 Å². The molecular formula is C12H17ClFN. The molecule has 3 heteroatoms. The highest BCUT2D eigenvalue weighted by molar-refractivity contribution is 6.30. The zero-order chi connectivity index (χ0) is 11.4. The van der Waals surface area contributed by atoms with Crippen LogP contribution in [0.1, 0.15) is 25.8 Å². The van der Waals surface area contributed by atoms with Gasteiger partial charge < -0.3 is 5.73 Å². The number of hydrogen-bond acceptors (Lipinski definition) is 1. The predicted octanol–water partition coefficient (Wildman–Crippen LogP) is 3.40. The van der Waals surface area contributed by atoms with Gasteiger partial charge in [0.1, 0.15) is 5.82 Å². The van der Waals surface area contributed by atoms with Gasteiger partial charge in [0.15, 0.2) is 0 Å². The summed E-state index contributed by atoms with van der Waals surface area (Å²) in [5.41, 5.74) is 6.55. The van der Waals surface area contributed by atoms with E-state index in [2.05, 4.69) is 0 Å². The van der Waals surface area contributed by atoms with E-state index in [4.69, 9.17) is 17.3 Å².